The molecule has 24 heavy (non-hydrogen) atoms. The Labute approximate surface area is 145 Å². The number of amidine groups is 1. The number of fused-ring (bicyclic) bond motifs is 1. The summed E-state index contributed by atoms with van der Waals surface area (Å²) in [7, 11) is 0. The van der Waals surface area contributed by atoms with Gasteiger partial charge in [-0.15, -0.1) is 11.8 Å². The van der Waals surface area contributed by atoms with E-state index in [-0.39, 0.29) is 11.9 Å². The second kappa shape index (κ2) is 6.56. The van der Waals surface area contributed by atoms with Crippen LogP contribution in [0.1, 0.15) is 6.92 Å². The number of anilines is 1. The first-order chi connectivity index (χ1) is 11.7. The van der Waals surface area contributed by atoms with Crippen molar-refractivity contribution in [3.63, 3.8) is 0 Å². The van der Waals surface area contributed by atoms with Gasteiger partial charge in [-0.25, -0.2) is 15.0 Å². The van der Waals surface area contributed by atoms with Gasteiger partial charge in [0.1, 0.15) is 11.9 Å². The summed E-state index contributed by atoms with van der Waals surface area (Å²) < 4.78 is 0. The molecular formula is C15H21N7OS. The van der Waals surface area contributed by atoms with E-state index < -0.39 is 0 Å². The van der Waals surface area contributed by atoms with Crippen molar-refractivity contribution in [2.45, 2.75) is 13.0 Å². The van der Waals surface area contributed by atoms with E-state index in [0.29, 0.717) is 6.67 Å². The number of aromatic nitrogens is 2. The maximum Gasteiger partial charge on any atom is 0.267 e. The molecule has 128 valence electrons. The molecule has 4 rings (SSSR count). The minimum Gasteiger partial charge on any atom is -0.338 e. The smallest absolute Gasteiger partial charge is 0.267 e. The quantitative estimate of drug-likeness (QED) is 0.768. The summed E-state index contributed by atoms with van der Waals surface area (Å²) in [5.41, 5.74) is 0. The Morgan fingerprint density at radius 3 is 2.71 bits per heavy atom. The van der Waals surface area contributed by atoms with Gasteiger partial charge in [-0.05, 0) is 13.0 Å². The molecule has 0 saturated carbocycles. The van der Waals surface area contributed by atoms with E-state index in [1.807, 2.05) is 13.0 Å². The molecule has 1 aromatic heterocycles. The van der Waals surface area contributed by atoms with Crippen LogP contribution in [0.3, 0.4) is 0 Å². The first kappa shape index (κ1) is 15.6. The summed E-state index contributed by atoms with van der Waals surface area (Å²) >= 11 is 1.80. The van der Waals surface area contributed by atoms with Crippen LogP contribution in [0, 0.1) is 0 Å². The Kier molecular flexibility index (Phi) is 4.28. The Balaban J connectivity index is 1.36. The highest BCUT2D eigenvalue weighted by atomic mass is 32.2. The summed E-state index contributed by atoms with van der Waals surface area (Å²) in [5, 5.41) is 6.16. The molecule has 0 bridgehead atoms. The average molecular weight is 347 g/mol. The molecule has 9 heteroatoms. The second-order valence-corrected chi connectivity index (χ2v) is 7.17. The molecule has 3 aliphatic rings. The molecule has 8 nitrogen and oxygen atoms in total. The van der Waals surface area contributed by atoms with Crippen LogP contribution in [-0.2, 0) is 4.79 Å². The van der Waals surface area contributed by atoms with E-state index in [1.165, 1.54) is 0 Å². The molecule has 0 radical (unpaired) electrons. The van der Waals surface area contributed by atoms with Crippen molar-refractivity contribution in [2.75, 3.05) is 49.4 Å². The average Bonchev–Trinajstić information content (AvgIpc) is 3.11. The van der Waals surface area contributed by atoms with Crippen molar-refractivity contribution in [1.29, 1.82) is 0 Å². The number of hydrazone groups is 1. The maximum atomic E-state index is 12.6. The third-order valence-corrected chi connectivity index (χ3v) is 5.66. The fraction of sp³-hybridized carbons (Fsp3) is 0.600. The van der Waals surface area contributed by atoms with Crippen LogP contribution >= 0.6 is 11.8 Å². The molecule has 0 aromatic carbocycles. The standard InChI is InChI=1S/C15H21N7OS/c1-12-18-22(14(23)13-9-24-11-21(12)13)10-19-5-7-20(8-6-19)15-16-3-2-4-17-15/h2-4,13H,5-11H2,1H3. The van der Waals surface area contributed by atoms with Gasteiger partial charge < -0.3 is 9.80 Å². The first-order valence-corrected chi connectivity index (χ1v) is 9.33. The van der Waals surface area contributed by atoms with E-state index in [4.69, 9.17) is 0 Å². The lowest BCUT2D eigenvalue weighted by atomic mass is 10.2. The predicted molar refractivity (Wildman–Crippen MR) is 93.6 cm³/mol. The van der Waals surface area contributed by atoms with Gasteiger partial charge >= 0.3 is 0 Å². The number of thioether (sulfide) groups is 1. The molecule has 1 amide bonds. The van der Waals surface area contributed by atoms with Crippen LogP contribution in [0.4, 0.5) is 5.95 Å². The van der Waals surface area contributed by atoms with Crippen molar-refractivity contribution in [2.24, 2.45) is 5.10 Å². The predicted octanol–water partition coefficient (Wildman–Crippen LogP) is 0.107. The van der Waals surface area contributed by atoms with Gasteiger partial charge in [0.05, 0.1) is 12.5 Å². The lowest BCUT2D eigenvalue weighted by molar-refractivity contribution is -0.138. The Bertz CT molecular complexity index is 632. The number of nitrogens with zero attached hydrogens (tertiary/aromatic N) is 7. The van der Waals surface area contributed by atoms with E-state index >= 15 is 0 Å². The van der Waals surface area contributed by atoms with Gasteiger partial charge in [0.25, 0.3) is 5.91 Å². The van der Waals surface area contributed by atoms with E-state index in [0.717, 1.165) is 49.6 Å². The van der Waals surface area contributed by atoms with Crippen molar-refractivity contribution >= 4 is 29.5 Å². The zero-order chi connectivity index (χ0) is 16.5. The zero-order valence-electron chi connectivity index (χ0n) is 13.7. The van der Waals surface area contributed by atoms with E-state index in [2.05, 4.69) is 29.8 Å². The molecule has 3 aliphatic heterocycles. The molecule has 2 saturated heterocycles. The molecule has 1 aromatic rings. The molecular weight excluding hydrogens is 326 g/mol. The summed E-state index contributed by atoms with van der Waals surface area (Å²) in [4.78, 5) is 27.8. The molecule has 0 N–H and O–H groups in total. The lowest BCUT2D eigenvalue weighted by Gasteiger charge is -2.39. The van der Waals surface area contributed by atoms with Gasteiger partial charge in [-0.3, -0.25) is 9.69 Å². The fourth-order valence-corrected chi connectivity index (χ4v) is 4.47. The highest BCUT2D eigenvalue weighted by Gasteiger charge is 2.39. The summed E-state index contributed by atoms with van der Waals surface area (Å²) in [5.74, 6) is 3.58. The maximum absolute atomic E-state index is 12.6. The Hall–Kier alpha value is -1.87. The molecule has 4 heterocycles. The molecule has 2 fully saturated rings. The van der Waals surface area contributed by atoms with Gasteiger partial charge in [0.2, 0.25) is 5.95 Å². The van der Waals surface area contributed by atoms with E-state index in [9.17, 15) is 4.79 Å². The van der Waals surface area contributed by atoms with Crippen molar-refractivity contribution in [3.8, 4) is 0 Å². The first-order valence-electron chi connectivity index (χ1n) is 8.17. The number of amides is 1. The summed E-state index contributed by atoms with van der Waals surface area (Å²) in [6, 6.07) is 1.79. The highest BCUT2D eigenvalue weighted by Crippen LogP contribution is 2.26. The van der Waals surface area contributed by atoms with Crippen LogP contribution in [0.15, 0.2) is 23.6 Å². The Morgan fingerprint density at radius 1 is 1.21 bits per heavy atom. The van der Waals surface area contributed by atoms with Gasteiger partial charge in [-0.1, -0.05) is 0 Å². The third kappa shape index (κ3) is 2.93. The molecule has 1 unspecified atom stereocenters. The van der Waals surface area contributed by atoms with Crippen LogP contribution in [0.2, 0.25) is 0 Å². The van der Waals surface area contributed by atoms with Crippen LogP contribution in [-0.4, -0.2) is 87.0 Å². The van der Waals surface area contributed by atoms with Crippen LogP contribution in [0.5, 0.6) is 0 Å². The number of hydrogen-bond acceptors (Lipinski definition) is 8. The SMILES string of the molecule is CC1=NN(CN2CCN(c3ncccn3)CC2)C(=O)C2CSCN12. The van der Waals surface area contributed by atoms with Crippen molar-refractivity contribution < 1.29 is 4.79 Å². The number of rotatable bonds is 3. The molecule has 0 aliphatic carbocycles. The van der Waals surface area contributed by atoms with Crippen LogP contribution < -0.4 is 4.90 Å². The zero-order valence-corrected chi connectivity index (χ0v) is 14.5. The number of hydrogen-bond donors (Lipinski definition) is 0. The van der Waals surface area contributed by atoms with Crippen molar-refractivity contribution in [3.05, 3.63) is 18.5 Å². The summed E-state index contributed by atoms with van der Waals surface area (Å²) in [6.45, 7) is 6.03. The van der Waals surface area contributed by atoms with Gasteiger partial charge in [0.15, 0.2) is 0 Å². The lowest BCUT2D eigenvalue weighted by Crippen LogP contribution is -2.56. The Morgan fingerprint density at radius 2 is 1.96 bits per heavy atom. The highest BCUT2D eigenvalue weighted by molar-refractivity contribution is 7.99. The molecule has 1 atom stereocenters. The van der Waals surface area contributed by atoms with Gasteiger partial charge in [0, 0.05) is 44.3 Å². The third-order valence-electron chi connectivity index (χ3n) is 4.64. The minimum atomic E-state index is -0.0356. The topological polar surface area (TPSA) is 68.2 Å². The second-order valence-electron chi connectivity index (χ2n) is 6.17. The number of carbonyl (C=O) groups excluding carboxylic acids is 1. The summed E-state index contributed by atoms with van der Waals surface area (Å²) in [6.07, 6.45) is 3.54. The largest absolute Gasteiger partial charge is 0.338 e. The number of piperazine rings is 1. The minimum absolute atomic E-state index is 0.0356. The normalized spacial score (nSPS) is 25.0. The van der Waals surface area contributed by atoms with Crippen molar-refractivity contribution in [1.82, 2.24) is 24.8 Å². The fourth-order valence-electron chi connectivity index (χ4n) is 3.25. The van der Waals surface area contributed by atoms with Crippen LogP contribution in [0.25, 0.3) is 0 Å². The monoisotopic (exact) mass is 347 g/mol. The number of carbonyl (C=O) groups is 1. The van der Waals surface area contributed by atoms with Gasteiger partial charge in [-0.2, -0.15) is 5.10 Å². The van der Waals surface area contributed by atoms with E-state index in [1.54, 1.807) is 29.2 Å². The molecule has 0 spiro atoms.